The summed E-state index contributed by atoms with van der Waals surface area (Å²) in [5.74, 6) is -1.32. The number of Topliss-reactive ketones (excluding diaryl/α,β-unsaturated/α-hetero) is 1. The molecule has 1 saturated heterocycles. The molecule has 0 bridgehead atoms. The molecule has 204 valence electrons. The Labute approximate surface area is 215 Å². The van der Waals surface area contributed by atoms with Gasteiger partial charge in [0.15, 0.2) is 8.32 Å². The molecule has 11 heteroatoms. The second-order valence-electron chi connectivity index (χ2n) is 10.5. The first-order chi connectivity index (χ1) is 16.8. The molecular weight excluding hydrogens is 482 g/mol. The number of nitrogens with one attached hydrogen (secondary N) is 2. The zero-order valence-corrected chi connectivity index (χ0v) is 23.5. The molecule has 10 nitrogen and oxygen atoms in total. The third kappa shape index (κ3) is 9.51. The minimum atomic E-state index is -2.06. The van der Waals surface area contributed by atoms with Gasteiger partial charge < -0.3 is 19.8 Å². The van der Waals surface area contributed by atoms with Gasteiger partial charge in [0.2, 0.25) is 12.3 Å². The fourth-order valence-corrected chi connectivity index (χ4v) is 5.06. The van der Waals surface area contributed by atoms with Crippen LogP contribution in [0.15, 0.2) is 25.3 Å². The predicted molar refractivity (Wildman–Crippen MR) is 139 cm³/mol. The molecule has 2 N–H and O–H groups in total. The summed E-state index contributed by atoms with van der Waals surface area (Å²) in [4.78, 5) is 53.9. The number of carbonyl (C=O) groups is 4. The molecule has 1 aliphatic rings. The van der Waals surface area contributed by atoms with Gasteiger partial charge in [-0.25, -0.2) is 9.86 Å². The van der Waals surface area contributed by atoms with Crippen molar-refractivity contribution in [2.45, 2.75) is 70.8 Å². The number of hydrogen-bond donors (Lipinski definition) is 2. The lowest BCUT2D eigenvalue weighted by atomic mass is 9.82. The molecule has 0 saturated carbocycles. The van der Waals surface area contributed by atoms with E-state index >= 15 is 0 Å². The number of rotatable bonds is 17. The van der Waals surface area contributed by atoms with Crippen molar-refractivity contribution in [3.05, 3.63) is 25.3 Å². The predicted octanol–water partition coefficient (Wildman–Crippen LogP) is 2.97. The standard InChI is InChI=1S/C25H43N3O7Si/c1-9-13-33-24(32)26-15-19(16-28(17-29)34-14-10-2)21(30)12-11-20-22(23(31)27-20)18(3)35-36(7,8)25(4,5)6/h9-10,17-20,22H,1-2,11-16H2,3-8H3,(H,26,32)(H,27,31). The van der Waals surface area contributed by atoms with Gasteiger partial charge in [-0.05, 0) is 31.5 Å². The molecule has 1 aliphatic heterocycles. The fourth-order valence-electron chi connectivity index (χ4n) is 3.63. The second kappa shape index (κ2) is 14.3. The maximum absolute atomic E-state index is 13.1. The number of nitrogens with zero attached hydrogens (tertiary/aromatic N) is 1. The number of β-lactam (4-membered cyclic amide) rings is 1. The monoisotopic (exact) mass is 525 g/mol. The van der Waals surface area contributed by atoms with Gasteiger partial charge in [-0.3, -0.25) is 19.2 Å². The van der Waals surface area contributed by atoms with Crippen molar-refractivity contribution in [1.82, 2.24) is 15.7 Å². The van der Waals surface area contributed by atoms with Gasteiger partial charge in [0.1, 0.15) is 12.4 Å². The van der Waals surface area contributed by atoms with Gasteiger partial charge in [0.05, 0.1) is 31.1 Å². The van der Waals surface area contributed by atoms with Crippen molar-refractivity contribution < 1.29 is 33.2 Å². The third-order valence-corrected chi connectivity index (χ3v) is 11.3. The quantitative estimate of drug-likeness (QED) is 0.0984. The maximum atomic E-state index is 13.1. The summed E-state index contributed by atoms with van der Waals surface area (Å²) in [6.45, 7) is 19.7. The Kier molecular flexibility index (Phi) is 12.5. The molecule has 0 aromatic heterocycles. The van der Waals surface area contributed by atoms with E-state index in [1.54, 1.807) is 0 Å². The summed E-state index contributed by atoms with van der Waals surface area (Å²) in [7, 11) is -2.06. The summed E-state index contributed by atoms with van der Waals surface area (Å²) in [6.07, 6.45) is 2.99. The van der Waals surface area contributed by atoms with E-state index in [1.165, 1.54) is 12.2 Å². The largest absolute Gasteiger partial charge is 0.445 e. The number of amides is 3. The Bertz CT molecular complexity index is 797. The van der Waals surface area contributed by atoms with E-state index in [0.717, 1.165) is 5.06 Å². The minimum Gasteiger partial charge on any atom is -0.445 e. The van der Waals surface area contributed by atoms with Crippen LogP contribution in [0.3, 0.4) is 0 Å². The Hall–Kier alpha value is -2.50. The molecule has 0 spiro atoms. The van der Waals surface area contributed by atoms with Gasteiger partial charge in [0.25, 0.3) is 0 Å². The van der Waals surface area contributed by atoms with Crippen LogP contribution >= 0.6 is 0 Å². The van der Waals surface area contributed by atoms with Crippen LogP contribution in [0.2, 0.25) is 18.1 Å². The van der Waals surface area contributed by atoms with Crippen LogP contribution in [0, 0.1) is 11.8 Å². The molecule has 36 heavy (non-hydrogen) atoms. The second-order valence-corrected chi connectivity index (χ2v) is 15.2. The van der Waals surface area contributed by atoms with E-state index in [9.17, 15) is 19.2 Å². The molecule has 0 aromatic rings. The highest BCUT2D eigenvalue weighted by Gasteiger charge is 2.47. The zero-order valence-electron chi connectivity index (χ0n) is 22.5. The van der Waals surface area contributed by atoms with Crippen LogP contribution in [-0.4, -0.2) is 76.0 Å². The molecular formula is C25H43N3O7Si. The summed E-state index contributed by atoms with van der Waals surface area (Å²) in [5, 5.41) is 6.44. The Balaban J connectivity index is 2.80. The van der Waals surface area contributed by atoms with Crippen LogP contribution in [0.4, 0.5) is 4.79 Å². The number of hydrogen-bond acceptors (Lipinski definition) is 7. The molecule has 4 unspecified atom stereocenters. The lowest BCUT2D eigenvalue weighted by Gasteiger charge is -2.45. The van der Waals surface area contributed by atoms with Crippen molar-refractivity contribution in [1.29, 1.82) is 0 Å². The summed E-state index contributed by atoms with van der Waals surface area (Å²) >= 11 is 0. The van der Waals surface area contributed by atoms with Crippen molar-refractivity contribution >= 4 is 32.5 Å². The first kappa shape index (κ1) is 31.5. The van der Waals surface area contributed by atoms with Crippen molar-refractivity contribution in [2.75, 3.05) is 26.3 Å². The number of ether oxygens (including phenoxy) is 1. The molecule has 0 radical (unpaired) electrons. The minimum absolute atomic E-state index is 0.0120. The highest BCUT2D eigenvalue weighted by atomic mass is 28.4. The first-order valence-electron chi connectivity index (χ1n) is 12.3. The van der Waals surface area contributed by atoms with Crippen LogP contribution in [0.25, 0.3) is 0 Å². The average molecular weight is 526 g/mol. The topological polar surface area (TPSA) is 123 Å². The Morgan fingerprint density at radius 2 is 1.86 bits per heavy atom. The average Bonchev–Trinajstić information content (AvgIpc) is 2.78. The van der Waals surface area contributed by atoms with E-state index in [1.807, 2.05) is 6.92 Å². The molecule has 1 fully saturated rings. The highest BCUT2D eigenvalue weighted by Crippen LogP contribution is 2.39. The van der Waals surface area contributed by atoms with Gasteiger partial charge >= 0.3 is 6.09 Å². The number of alkyl carbamates (subject to hydrolysis) is 1. The van der Waals surface area contributed by atoms with Crippen molar-refractivity contribution in [3.63, 3.8) is 0 Å². The van der Waals surface area contributed by atoms with E-state index in [-0.39, 0.29) is 67.5 Å². The van der Waals surface area contributed by atoms with Crippen molar-refractivity contribution in [3.8, 4) is 0 Å². The normalized spacial score (nSPS) is 19.2. The summed E-state index contributed by atoms with van der Waals surface area (Å²) in [6, 6.07) is -0.188. The Morgan fingerprint density at radius 1 is 1.22 bits per heavy atom. The molecule has 0 aliphatic carbocycles. The summed E-state index contributed by atoms with van der Waals surface area (Å²) < 4.78 is 11.3. The highest BCUT2D eigenvalue weighted by molar-refractivity contribution is 6.74. The lowest BCUT2D eigenvalue weighted by Crippen LogP contribution is -2.63. The van der Waals surface area contributed by atoms with E-state index < -0.39 is 20.3 Å². The Morgan fingerprint density at radius 3 is 2.39 bits per heavy atom. The van der Waals surface area contributed by atoms with Crippen LogP contribution < -0.4 is 10.6 Å². The van der Waals surface area contributed by atoms with Gasteiger partial charge in [-0.1, -0.05) is 39.5 Å². The smallest absolute Gasteiger partial charge is 0.407 e. The number of carbonyl (C=O) groups excluding carboxylic acids is 4. The van der Waals surface area contributed by atoms with E-state index in [2.05, 4.69) is 57.7 Å². The third-order valence-electron chi connectivity index (χ3n) is 6.71. The molecule has 0 aromatic carbocycles. The molecule has 1 rings (SSSR count). The lowest BCUT2D eigenvalue weighted by molar-refractivity contribution is -0.171. The SMILES string of the molecule is C=CCOC(=O)NCC(CN(C=O)OCC=C)C(=O)CCC1NC(=O)C1C(C)O[Si](C)(C)C(C)(C)C. The summed E-state index contributed by atoms with van der Waals surface area (Å²) in [5.41, 5.74) is 0. The molecule has 3 amide bonds. The molecule has 4 atom stereocenters. The van der Waals surface area contributed by atoms with Crippen LogP contribution in [-0.2, 0) is 28.4 Å². The fraction of sp³-hybridized carbons (Fsp3) is 0.680. The molecule has 1 heterocycles. The van der Waals surface area contributed by atoms with Crippen molar-refractivity contribution in [2.24, 2.45) is 11.8 Å². The van der Waals surface area contributed by atoms with E-state index in [0.29, 0.717) is 12.8 Å². The number of hydroxylamine groups is 2. The van der Waals surface area contributed by atoms with E-state index in [4.69, 9.17) is 14.0 Å². The maximum Gasteiger partial charge on any atom is 0.407 e. The van der Waals surface area contributed by atoms with Crippen LogP contribution in [0.1, 0.15) is 40.5 Å². The number of ketones is 1. The van der Waals surface area contributed by atoms with Crippen LogP contribution in [0.5, 0.6) is 0 Å². The zero-order chi connectivity index (χ0) is 27.5. The first-order valence-corrected chi connectivity index (χ1v) is 15.2. The van der Waals surface area contributed by atoms with Gasteiger partial charge in [-0.2, -0.15) is 0 Å². The van der Waals surface area contributed by atoms with Gasteiger partial charge in [0, 0.05) is 19.0 Å². The van der Waals surface area contributed by atoms with Gasteiger partial charge in [-0.15, -0.1) is 6.58 Å².